The van der Waals surface area contributed by atoms with Crippen LogP contribution in [0.3, 0.4) is 0 Å². The van der Waals surface area contributed by atoms with E-state index in [0.29, 0.717) is 12.0 Å². The molecule has 132 valence electrons. The number of nitro groups is 1. The van der Waals surface area contributed by atoms with Crippen LogP contribution in [0.1, 0.15) is 45.6 Å². The summed E-state index contributed by atoms with van der Waals surface area (Å²) in [5.41, 5.74) is 1.80. The van der Waals surface area contributed by atoms with Gasteiger partial charge in [-0.15, -0.1) is 0 Å². The molecule has 0 N–H and O–H groups in total. The minimum atomic E-state index is -0.360. The lowest BCUT2D eigenvalue weighted by atomic mass is 9.99. The van der Waals surface area contributed by atoms with E-state index in [4.69, 9.17) is 4.99 Å². The van der Waals surface area contributed by atoms with E-state index < -0.39 is 0 Å². The van der Waals surface area contributed by atoms with Crippen molar-refractivity contribution in [3.63, 3.8) is 0 Å². The minimum absolute atomic E-state index is 0.121. The number of nitrogens with zero attached hydrogens (tertiary/aromatic N) is 3. The predicted octanol–water partition coefficient (Wildman–Crippen LogP) is 5.15. The number of benzene rings is 1. The van der Waals surface area contributed by atoms with E-state index in [-0.39, 0.29) is 10.6 Å². The van der Waals surface area contributed by atoms with Crippen molar-refractivity contribution in [2.24, 2.45) is 10.9 Å². The van der Waals surface area contributed by atoms with E-state index >= 15 is 0 Å². The highest BCUT2D eigenvalue weighted by Gasteiger charge is 2.32. The van der Waals surface area contributed by atoms with Crippen LogP contribution < -0.4 is 0 Å². The highest BCUT2D eigenvalue weighted by Crippen LogP contribution is 2.33. The van der Waals surface area contributed by atoms with Gasteiger partial charge in [0, 0.05) is 30.5 Å². The molecule has 0 saturated carbocycles. The summed E-state index contributed by atoms with van der Waals surface area (Å²) in [6.07, 6.45) is 3.49. The van der Waals surface area contributed by atoms with Crippen LogP contribution in [0.25, 0.3) is 0 Å². The third-order valence-corrected chi connectivity index (χ3v) is 5.78. The van der Waals surface area contributed by atoms with Gasteiger partial charge in [0.25, 0.3) is 5.69 Å². The Labute approximate surface area is 148 Å². The number of aliphatic imine (C=N–C) groups is 1. The van der Waals surface area contributed by atoms with Crippen LogP contribution >= 0.6 is 11.8 Å². The van der Waals surface area contributed by atoms with Gasteiger partial charge in [-0.2, -0.15) is 0 Å². The third kappa shape index (κ3) is 4.29. The molecule has 1 saturated heterocycles. The first-order chi connectivity index (χ1) is 11.5. The second-order valence-electron chi connectivity index (χ2n) is 6.43. The normalized spacial score (nSPS) is 20.6. The van der Waals surface area contributed by atoms with E-state index in [0.717, 1.165) is 48.0 Å². The zero-order valence-electron chi connectivity index (χ0n) is 15.0. The van der Waals surface area contributed by atoms with Gasteiger partial charge >= 0.3 is 0 Å². The molecule has 2 rings (SSSR count). The average molecular weight is 350 g/mol. The molecule has 5 nitrogen and oxygen atoms in total. The van der Waals surface area contributed by atoms with Crippen LogP contribution in [0.4, 0.5) is 11.4 Å². The number of unbranched alkanes of at least 4 members (excludes halogenated alkanes) is 1. The molecule has 0 aliphatic carbocycles. The van der Waals surface area contributed by atoms with Gasteiger partial charge in [0.05, 0.1) is 10.6 Å². The Kier molecular flexibility index (Phi) is 6.66. The molecule has 1 aliphatic rings. The fraction of sp³-hybridized carbons (Fsp3) is 0.611. The molecule has 2 atom stereocenters. The lowest BCUT2D eigenvalue weighted by molar-refractivity contribution is -0.384. The fourth-order valence-corrected chi connectivity index (χ4v) is 4.27. The van der Waals surface area contributed by atoms with Gasteiger partial charge in [-0.05, 0) is 30.9 Å². The highest BCUT2D eigenvalue weighted by atomic mass is 32.2. The number of hydrogen-bond donors (Lipinski definition) is 0. The van der Waals surface area contributed by atoms with Gasteiger partial charge in [-0.25, -0.2) is 4.99 Å². The van der Waals surface area contributed by atoms with Crippen molar-refractivity contribution in [1.29, 1.82) is 0 Å². The number of thioether (sulfide) groups is 1. The number of non-ortho nitro benzene ring substituents is 1. The van der Waals surface area contributed by atoms with Crippen molar-refractivity contribution in [3.05, 3.63) is 33.9 Å². The summed E-state index contributed by atoms with van der Waals surface area (Å²) in [5.74, 6) is 1.71. The third-order valence-electron chi connectivity index (χ3n) is 4.69. The van der Waals surface area contributed by atoms with Crippen molar-refractivity contribution in [3.8, 4) is 0 Å². The van der Waals surface area contributed by atoms with Gasteiger partial charge in [-0.3, -0.25) is 10.1 Å². The summed E-state index contributed by atoms with van der Waals surface area (Å²) in [6.45, 7) is 9.67. The smallest absolute Gasteiger partial charge is 0.269 e. The van der Waals surface area contributed by atoms with Gasteiger partial charge in [0.2, 0.25) is 0 Å². The van der Waals surface area contributed by atoms with E-state index in [9.17, 15) is 10.1 Å². The van der Waals surface area contributed by atoms with Crippen molar-refractivity contribution in [2.45, 2.75) is 53.0 Å². The Morgan fingerprint density at radius 1 is 1.46 bits per heavy atom. The van der Waals surface area contributed by atoms with Gasteiger partial charge in [-0.1, -0.05) is 45.4 Å². The maximum atomic E-state index is 10.9. The topological polar surface area (TPSA) is 58.7 Å². The lowest BCUT2D eigenvalue weighted by Gasteiger charge is -2.30. The molecule has 1 aromatic carbocycles. The summed E-state index contributed by atoms with van der Waals surface area (Å²) in [4.78, 5) is 17.8. The standard InChI is InChI=1S/C18H27N3O2S/c1-5-7-10-20-17(13(3)6-2)12-24-18(20)19-16-9-8-15(21(22)23)11-14(16)4/h8-9,11,13,17H,5-7,10,12H2,1-4H3/t13-,17-/m1/s1. The monoisotopic (exact) mass is 349 g/mol. The van der Waals surface area contributed by atoms with Gasteiger partial charge in [0.1, 0.15) is 0 Å². The van der Waals surface area contributed by atoms with Crippen LogP contribution in [0, 0.1) is 23.0 Å². The van der Waals surface area contributed by atoms with Gasteiger partial charge < -0.3 is 4.90 Å². The molecule has 24 heavy (non-hydrogen) atoms. The summed E-state index contributed by atoms with van der Waals surface area (Å²) in [5, 5.41) is 11.9. The fourth-order valence-electron chi connectivity index (χ4n) is 2.89. The number of hydrogen-bond acceptors (Lipinski definition) is 4. The number of aryl methyl sites for hydroxylation is 1. The molecule has 6 heteroatoms. The summed E-state index contributed by atoms with van der Waals surface area (Å²) < 4.78 is 0. The largest absolute Gasteiger partial charge is 0.347 e. The Morgan fingerprint density at radius 3 is 2.79 bits per heavy atom. The maximum absolute atomic E-state index is 10.9. The first kappa shape index (κ1) is 18.8. The van der Waals surface area contributed by atoms with Gasteiger partial charge in [0.15, 0.2) is 5.17 Å². The molecule has 0 spiro atoms. The quantitative estimate of drug-likeness (QED) is 0.504. The minimum Gasteiger partial charge on any atom is -0.347 e. The zero-order valence-corrected chi connectivity index (χ0v) is 15.8. The molecule has 0 aromatic heterocycles. The molecule has 0 bridgehead atoms. The molecule has 0 radical (unpaired) electrons. The number of nitro benzene ring substituents is 1. The zero-order chi connectivity index (χ0) is 17.7. The van der Waals surface area contributed by atoms with Crippen molar-refractivity contribution >= 4 is 28.3 Å². The lowest BCUT2D eigenvalue weighted by Crippen LogP contribution is -2.38. The molecule has 1 aliphatic heterocycles. The first-order valence-corrected chi connectivity index (χ1v) is 9.69. The maximum Gasteiger partial charge on any atom is 0.269 e. The van der Waals surface area contributed by atoms with E-state index in [1.54, 1.807) is 12.1 Å². The summed E-state index contributed by atoms with van der Waals surface area (Å²) in [6, 6.07) is 5.43. The number of rotatable bonds is 7. The molecular weight excluding hydrogens is 322 g/mol. The second kappa shape index (κ2) is 8.51. The Balaban J connectivity index is 2.27. The van der Waals surface area contributed by atoms with Crippen LogP contribution in [-0.2, 0) is 0 Å². The molecular formula is C18H27N3O2S. The Hall–Kier alpha value is -1.56. The Bertz CT molecular complexity index is 618. The Morgan fingerprint density at radius 2 is 2.21 bits per heavy atom. The summed E-state index contributed by atoms with van der Waals surface area (Å²) >= 11 is 1.81. The van der Waals surface area contributed by atoms with Crippen molar-refractivity contribution in [1.82, 2.24) is 4.90 Å². The van der Waals surface area contributed by atoms with Crippen molar-refractivity contribution < 1.29 is 4.92 Å². The van der Waals surface area contributed by atoms with Crippen LogP contribution in [0.2, 0.25) is 0 Å². The average Bonchev–Trinajstić information content (AvgIpc) is 2.96. The van der Waals surface area contributed by atoms with E-state index in [1.807, 2.05) is 18.7 Å². The highest BCUT2D eigenvalue weighted by molar-refractivity contribution is 8.14. The molecule has 0 amide bonds. The van der Waals surface area contributed by atoms with Crippen LogP contribution in [0.5, 0.6) is 0 Å². The second-order valence-corrected chi connectivity index (χ2v) is 7.42. The first-order valence-electron chi connectivity index (χ1n) is 8.71. The molecule has 0 unspecified atom stereocenters. The van der Waals surface area contributed by atoms with E-state index in [2.05, 4.69) is 25.7 Å². The SMILES string of the molecule is CCCCN1C(=Nc2ccc([N+](=O)[O-])cc2C)SC[C@@H]1[C@H](C)CC. The molecule has 1 aromatic rings. The van der Waals surface area contributed by atoms with E-state index in [1.165, 1.54) is 6.07 Å². The molecule has 1 heterocycles. The van der Waals surface area contributed by atoms with Crippen molar-refractivity contribution in [2.75, 3.05) is 12.3 Å². The summed E-state index contributed by atoms with van der Waals surface area (Å²) in [7, 11) is 0. The van der Waals surface area contributed by atoms with Crippen LogP contribution in [-0.4, -0.2) is 33.3 Å². The van der Waals surface area contributed by atoms with Crippen LogP contribution in [0.15, 0.2) is 23.2 Å². The number of amidine groups is 1. The molecule has 1 fully saturated rings. The predicted molar refractivity (Wildman–Crippen MR) is 102 cm³/mol.